The molecule has 2 aromatic carbocycles. The van der Waals surface area contributed by atoms with Gasteiger partial charge in [0, 0.05) is 24.7 Å². The van der Waals surface area contributed by atoms with Gasteiger partial charge < -0.3 is 14.8 Å². The van der Waals surface area contributed by atoms with E-state index in [1.54, 1.807) is 12.1 Å². The number of morpholine rings is 1. The van der Waals surface area contributed by atoms with Crippen molar-refractivity contribution < 1.29 is 14.3 Å². The Morgan fingerprint density at radius 3 is 2.57 bits per heavy atom. The SMILES string of the molecule is Cc1ccc([C@H](CN2CCOCC2)NC(=O)COc2ccc(Cl)cc2C)cc1. The molecule has 0 aliphatic carbocycles. The van der Waals surface area contributed by atoms with E-state index < -0.39 is 0 Å². The highest BCUT2D eigenvalue weighted by Gasteiger charge is 2.20. The zero-order valence-corrected chi connectivity index (χ0v) is 17.2. The first-order chi connectivity index (χ1) is 13.5. The molecule has 0 spiro atoms. The third-order valence-electron chi connectivity index (χ3n) is 4.86. The van der Waals surface area contributed by atoms with Crippen LogP contribution < -0.4 is 10.1 Å². The molecule has 1 amide bonds. The second-order valence-corrected chi connectivity index (χ2v) is 7.58. The molecule has 1 fully saturated rings. The van der Waals surface area contributed by atoms with Crippen LogP contribution in [-0.4, -0.2) is 50.3 Å². The van der Waals surface area contributed by atoms with E-state index in [2.05, 4.69) is 41.4 Å². The smallest absolute Gasteiger partial charge is 0.258 e. The molecule has 0 unspecified atom stereocenters. The van der Waals surface area contributed by atoms with Crippen LogP contribution in [0, 0.1) is 13.8 Å². The van der Waals surface area contributed by atoms with Crippen molar-refractivity contribution in [3.05, 3.63) is 64.2 Å². The summed E-state index contributed by atoms with van der Waals surface area (Å²) >= 11 is 5.97. The molecule has 1 N–H and O–H groups in total. The number of ether oxygens (including phenoxy) is 2. The number of nitrogens with zero attached hydrogens (tertiary/aromatic N) is 1. The summed E-state index contributed by atoms with van der Waals surface area (Å²) in [6, 6.07) is 13.6. The molecule has 0 saturated carbocycles. The van der Waals surface area contributed by atoms with E-state index in [1.807, 2.05) is 13.0 Å². The van der Waals surface area contributed by atoms with Crippen LogP contribution in [0.1, 0.15) is 22.7 Å². The zero-order valence-electron chi connectivity index (χ0n) is 16.4. The van der Waals surface area contributed by atoms with E-state index in [1.165, 1.54) is 5.56 Å². The number of carbonyl (C=O) groups excluding carboxylic acids is 1. The van der Waals surface area contributed by atoms with Crippen LogP contribution in [0.15, 0.2) is 42.5 Å². The quantitative estimate of drug-likeness (QED) is 0.769. The Balaban J connectivity index is 1.63. The Kier molecular flexibility index (Phi) is 7.31. The maximum atomic E-state index is 12.6. The minimum atomic E-state index is -0.145. The topological polar surface area (TPSA) is 50.8 Å². The highest BCUT2D eigenvalue weighted by Crippen LogP contribution is 2.22. The van der Waals surface area contributed by atoms with Gasteiger partial charge in [-0.25, -0.2) is 0 Å². The maximum absolute atomic E-state index is 12.6. The van der Waals surface area contributed by atoms with Gasteiger partial charge in [-0.1, -0.05) is 41.4 Å². The van der Waals surface area contributed by atoms with Crippen LogP contribution in [0.4, 0.5) is 0 Å². The number of hydrogen-bond acceptors (Lipinski definition) is 4. The van der Waals surface area contributed by atoms with Crippen LogP contribution in [-0.2, 0) is 9.53 Å². The number of benzene rings is 2. The van der Waals surface area contributed by atoms with Crippen LogP contribution in [0.25, 0.3) is 0 Å². The van der Waals surface area contributed by atoms with Crippen molar-refractivity contribution in [2.45, 2.75) is 19.9 Å². The first-order valence-electron chi connectivity index (χ1n) is 9.56. The van der Waals surface area contributed by atoms with Gasteiger partial charge in [0.15, 0.2) is 6.61 Å². The van der Waals surface area contributed by atoms with Crippen LogP contribution in [0.2, 0.25) is 5.02 Å². The number of rotatable bonds is 7. The third kappa shape index (κ3) is 5.96. The lowest BCUT2D eigenvalue weighted by atomic mass is 10.0. The summed E-state index contributed by atoms with van der Waals surface area (Å²) in [5, 5.41) is 3.78. The molecule has 1 saturated heterocycles. The van der Waals surface area contributed by atoms with Crippen LogP contribution >= 0.6 is 11.6 Å². The van der Waals surface area contributed by atoms with E-state index in [0.717, 1.165) is 44.0 Å². The molecular formula is C22H27ClN2O3. The fourth-order valence-corrected chi connectivity index (χ4v) is 3.46. The average molecular weight is 403 g/mol. The largest absolute Gasteiger partial charge is 0.484 e. The standard InChI is InChI=1S/C22H27ClN2O3/c1-16-3-5-18(6-4-16)20(14-25-9-11-27-12-10-25)24-22(26)15-28-21-8-7-19(23)13-17(21)2/h3-8,13,20H,9-12,14-15H2,1-2H3,(H,24,26)/t20-/m0/s1. The number of nitrogens with one attached hydrogen (secondary N) is 1. The molecule has 0 aromatic heterocycles. The molecule has 1 heterocycles. The lowest BCUT2D eigenvalue weighted by Crippen LogP contribution is -2.44. The van der Waals surface area contributed by atoms with Crippen molar-refractivity contribution >= 4 is 17.5 Å². The van der Waals surface area contributed by atoms with Crippen molar-refractivity contribution in [1.82, 2.24) is 10.2 Å². The summed E-state index contributed by atoms with van der Waals surface area (Å²) in [4.78, 5) is 14.9. The van der Waals surface area contributed by atoms with Crippen molar-refractivity contribution in [3.8, 4) is 5.75 Å². The second-order valence-electron chi connectivity index (χ2n) is 7.14. The highest BCUT2D eigenvalue weighted by atomic mass is 35.5. The summed E-state index contributed by atoms with van der Waals surface area (Å²) in [5.41, 5.74) is 3.19. The van der Waals surface area contributed by atoms with Gasteiger partial charge in [0.25, 0.3) is 5.91 Å². The molecule has 2 aromatic rings. The molecule has 28 heavy (non-hydrogen) atoms. The number of halogens is 1. The van der Waals surface area contributed by atoms with E-state index in [4.69, 9.17) is 21.1 Å². The average Bonchev–Trinajstić information content (AvgIpc) is 2.68. The molecule has 0 bridgehead atoms. The zero-order chi connectivity index (χ0) is 19.9. The lowest BCUT2D eigenvalue weighted by Gasteiger charge is -2.31. The van der Waals surface area contributed by atoms with E-state index in [9.17, 15) is 4.79 Å². The summed E-state index contributed by atoms with van der Waals surface area (Å²) in [7, 11) is 0. The fraction of sp³-hybridized carbons (Fsp3) is 0.409. The lowest BCUT2D eigenvalue weighted by molar-refractivity contribution is -0.124. The summed E-state index contributed by atoms with van der Waals surface area (Å²) < 4.78 is 11.1. The summed E-state index contributed by atoms with van der Waals surface area (Å²) in [6.45, 7) is 7.89. The molecule has 1 aliphatic heterocycles. The predicted octanol–water partition coefficient (Wildman–Crippen LogP) is 3.53. The van der Waals surface area contributed by atoms with Gasteiger partial charge in [0.2, 0.25) is 0 Å². The molecule has 1 aliphatic rings. The number of aryl methyl sites for hydroxylation is 2. The Morgan fingerprint density at radius 2 is 1.89 bits per heavy atom. The monoisotopic (exact) mass is 402 g/mol. The first-order valence-corrected chi connectivity index (χ1v) is 9.94. The Morgan fingerprint density at radius 1 is 1.18 bits per heavy atom. The molecule has 3 rings (SSSR count). The van der Waals surface area contributed by atoms with E-state index in [-0.39, 0.29) is 18.6 Å². The number of carbonyl (C=O) groups is 1. The third-order valence-corrected chi connectivity index (χ3v) is 5.09. The van der Waals surface area contributed by atoms with E-state index >= 15 is 0 Å². The molecule has 150 valence electrons. The van der Waals surface area contributed by atoms with Gasteiger partial charge in [-0.2, -0.15) is 0 Å². The summed E-state index contributed by atoms with van der Waals surface area (Å²) in [5.74, 6) is 0.521. The highest BCUT2D eigenvalue weighted by molar-refractivity contribution is 6.30. The predicted molar refractivity (Wildman–Crippen MR) is 111 cm³/mol. The maximum Gasteiger partial charge on any atom is 0.258 e. The van der Waals surface area contributed by atoms with Crippen molar-refractivity contribution in [3.63, 3.8) is 0 Å². The summed E-state index contributed by atoms with van der Waals surface area (Å²) in [6.07, 6.45) is 0. The van der Waals surface area contributed by atoms with Gasteiger partial charge in [0.05, 0.1) is 19.3 Å². The number of hydrogen-bond donors (Lipinski definition) is 1. The van der Waals surface area contributed by atoms with Gasteiger partial charge >= 0.3 is 0 Å². The van der Waals surface area contributed by atoms with Crippen LogP contribution in [0.3, 0.4) is 0 Å². The van der Waals surface area contributed by atoms with Gasteiger partial charge in [0.1, 0.15) is 5.75 Å². The minimum absolute atomic E-state index is 0.0338. The minimum Gasteiger partial charge on any atom is -0.484 e. The fourth-order valence-electron chi connectivity index (χ4n) is 3.23. The van der Waals surface area contributed by atoms with E-state index in [0.29, 0.717) is 10.8 Å². The Bertz CT molecular complexity index is 789. The van der Waals surface area contributed by atoms with Crippen molar-refractivity contribution in [2.24, 2.45) is 0 Å². The van der Waals surface area contributed by atoms with Crippen molar-refractivity contribution in [1.29, 1.82) is 0 Å². The van der Waals surface area contributed by atoms with Gasteiger partial charge in [-0.15, -0.1) is 0 Å². The molecular weight excluding hydrogens is 376 g/mol. The van der Waals surface area contributed by atoms with Gasteiger partial charge in [-0.05, 0) is 43.2 Å². The van der Waals surface area contributed by atoms with Crippen molar-refractivity contribution in [2.75, 3.05) is 39.5 Å². The molecule has 0 radical (unpaired) electrons. The van der Waals surface area contributed by atoms with Crippen LogP contribution in [0.5, 0.6) is 5.75 Å². The molecule has 6 heteroatoms. The normalized spacial score (nSPS) is 15.8. The first kappa shape index (κ1) is 20.6. The Labute approximate surface area is 171 Å². The second kappa shape index (κ2) is 9.92. The molecule has 1 atom stereocenters. The molecule has 5 nitrogen and oxygen atoms in total. The number of amides is 1. The van der Waals surface area contributed by atoms with Gasteiger partial charge in [-0.3, -0.25) is 9.69 Å². The Hall–Kier alpha value is -2.08.